The van der Waals surface area contributed by atoms with Crippen molar-refractivity contribution in [1.29, 1.82) is 0 Å². The van der Waals surface area contributed by atoms with E-state index in [1.807, 2.05) is 49.4 Å². The van der Waals surface area contributed by atoms with Crippen LogP contribution in [0.1, 0.15) is 10.4 Å². The molecule has 0 bridgehead atoms. The van der Waals surface area contributed by atoms with Crippen molar-refractivity contribution >= 4 is 38.5 Å². The second kappa shape index (κ2) is 8.17. The number of nitrogens with two attached hydrogens (primary N) is 1. The van der Waals surface area contributed by atoms with E-state index in [-0.39, 0.29) is 10.8 Å². The summed E-state index contributed by atoms with van der Waals surface area (Å²) in [6.45, 7) is 1.92. The predicted molar refractivity (Wildman–Crippen MR) is 128 cm³/mol. The fourth-order valence-electron chi connectivity index (χ4n) is 3.69. The molecule has 0 fully saturated rings. The molecule has 3 N–H and O–H groups in total. The maximum Gasteiger partial charge on any atom is 0.279 e. The Labute approximate surface area is 198 Å². The molecule has 1 aromatic heterocycles. The van der Waals surface area contributed by atoms with Crippen molar-refractivity contribution in [2.24, 2.45) is 15.1 Å². The molecule has 4 aromatic rings. The average molecular weight is 491 g/mol. The molecule has 0 saturated heterocycles. The fraction of sp³-hybridized carbons (Fsp3) is 0.0417. The summed E-state index contributed by atoms with van der Waals surface area (Å²) < 4.78 is 24.7. The average Bonchev–Trinajstić information content (AvgIpc) is 3.28. The molecular formula is C24H18N4O4S2. The van der Waals surface area contributed by atoms with Crippen molar-refractivity contribution in [1.82, 2.24) is 4.57 Å². The van der Waals surface area contributed by atoms with Crippen molar-refractivity contribution in [3.05, 3.63) is 98.6 Å². The molecule has 0 aliphatic carbocycles. The van der Waals surface area contributed by atoms with Crippen LogP contribution >= 0.6 is 11.3 Å². The Kier molecular flexibility index (Phi) is 5.28. The first-order chi connectivity index (χ1) is 16.2. The number of amides is 1. The smallest absolute Gasteiger partial charge is 0.279 e. The van der Waals surface area contributed by atoms with E-state index in [1.165, 1.54) is 24.3 Å². The molecule has 0 unspecified atom stereocenters. The highest BCUT2D eigenvalue weighted by Crippen LogP contribution is 2.31. The summed E-state index contributed by atoms with van der Waals surface area (Å²) in [6.07, 6.45) is 0. The monoisotopic (exact) mass is 490 g/mol. The normalized spacial score (nSPS) is 13.8. The molecule has 3 aromatic carbocycles. The van der Waals surface area contributed by atoms with Crippen LogP contribution < -0.4 is 20.5 Å². The highest BCUT2D eigenvalue weighted by atomic mass is 32.2. The minimum Gasteiger partial charge on any atom is -0.493 e. The summed E-state index contributed by atoms with van der Waals surface area (Å²) in [4.78, 5) is 22.3. The first-order valence-electron chi connectivity index (χ1n) is 10.1. The molecule has 34 heavy (non-hydrogen) atoms. The largest absolute Gasteiger partial charge is 0.493 e. The molecule has 0 atom stereocenters. The SMILES string of the molecule is Cc1ccc2c(c1)=C(c1sc(=Nc3ccc(S(N)(=O)=O)cc3)n(-c3ccccc3)c1O)C(=O)N=2. The molecular weight excluding hydrogens is 472 g/mol. The third-order valence-electron chi connectivity index (χ3n) is 5.29. The number of aromatic nitrogens is 1. The number of para-hydroxylation sites is 1. The van der Waals surface area contributed by atoms with Crippen LogP contribution in [0.15, 0.2) is 87.7 Å². The Morgan fingerprint density at radius 1 is 1.03 bits per heavy atom. The molecule has 2 heterocycles. The highest BCUT2D eigenvalue weighted by Gasteiger charge is 2.26. The van der Waals surface area contributed by atoms with Gasteiger partial charge in [-0.15, -0.1) is 0 Å². The van der Waals surface area contributed by atoms with Crippen LogP contribution in [-0.4, -0.2) is 24.0 Å². The molecule has 1 aliphatic heterocycles. The van der Waals surface area contributed by atoms with Crippen molar-refractivity contribution in [2.75, 3.05) is 0 Å². The lowest BCUT2D eigenvalue weighted by molar-refractivity contribution is -0.112. The van der Waals surface area contributed by atoms with E-state index < -0.39 is 15.9 Å². The lowest BCUT2D eigenvalue weighted by Gasteiger charge is -2.05. The van der Waals surface area contributed by atoms with Gasteiger partial charge in [0.05, 0.1) is 27.2 Å². The molecule has 1 amide bonds. The number of rotatable bonds is 4. The summed E-state index contributed by atoms with van der Waals surface area (Å²) >= 11 is 1.14. The third kappa shape index (κ3) is 3.87. The van der Waals surface area contributed by atoms with E-state index in [4.69, 9.17) is 5.14 Å². The molecule has 5 rings (SSSR count). The fourth-order valence-corrected chi connectivity index (χ4v) is 5.30. The van der Waals surface area contributed by atoms with Gasteiger partial charge in [0.2, 0.25) is 15.9 Å². The van der Waals surface area contributed by atoms with Gasteiger partial charge in [0, 0.05) is 5.22 Å². The second-order valence-electron chi connectivity index (χ2n) is 7.67. The number of primary sulfonamides is 1. The van der Waals surface area contributed by atoms with Crippen LogP contribution in [0.25, 0.3) is 11.3 Å². The van der Waals surface area contributed by atoms with Crippen LogP contribution in [0.2, 0.25) is 0 Å². The van der Waals surface area contributed by atoms with Gasteiger partial charge in [0.15, 0.2) is 4.80 Å². The lowest BCUT2D eigenvalue weighted by atomic mass is 10.1. The van der Waals surface area contributed by atoms with Crippen molar-refractivity contribution < 1.29 is 18.3 Å². The number of hydrogen-bond acceptors (Lipinski definition) is 6. The van der Waals surface area contributed by atoms with Crippen LogP contribution in [-0.2, 0) is 14.8 Å². The van der Waals surface area contributed by atoms with E-state index in [0.29, 0.717) is 37.2 Å². The Balaban J connectivity index is 1.78. The zero-order valence-electron chi connectivity index (χ0n) is 17.8. The van der Waals surface area contributed by atoms with E-state index in [2.05, 4.69) is 9.98 Å². The molecule has 8 nitrogen and oxygen atoms in total. The Morgan fingerprint density at radius 3 is 2.41 bits per heavy atom. The van der Waals surface area contributed by atoms with E-state index in [1.54, 1.807) is 10.6 Å². The van der Waals surface area contributed by atoms with Crippen LogP contribution in [0.3, 0.4) is 0 Å². The van der Waals surface area contributed by atoms with Crippen LogP contribution in [0.4, 0.5) is 5.69 Å². The summed E-state index contributed by atoms with van der Waals surface area (Å²) in [5, 5.41) is 17.7. The van der Waals surface area contributed by atoms with Gasteiger partial charge in [0.25, 0.3) is 5.91 Å². The summed E-state index contributed by atoms with van der Waals surface area (Å²) in [5.41, 5.74) is 2.38. The van der Waals surface area contributed by atoms with E-state index >= 15 is 0 Å². The molecule has 10 heteroatoms. The number of carbonyl (C=O) groups is 1. The number of carbonyl (C=O) groups excluding carboxylic acids is 1. The number of aromatic hydroxyl groups is 1. The first-order valence-corrected chi connectivity index (χ1v) is 12.5. The van der Waals surface area contributed by atoms with Gasteiger partial charge in [-0.3, -0.25) is 9.36 Å². The van der Waals surface area contributed by atoms with Crippen molar-refractivity contribution in [3.8, 4) is 11.6 Å². The highest BCUT2D eigenvalue weighted by molar-refractivity contribution is 7.89. The van der Waals surface area contributed by atoms with Gasteiger partial charge in [-0.05, 0) is 55.5 Å². The van der Waals surface area contributed by atoms with E-state index in [0.717, 1.165) is 16.9 Å². The second-order valence-corrected chi connectivity index (χ2v) is 10.2. The number of thiazole rings is 1. The summed E-state index contributed by atoms with van der Waals surface area (Å²) in [6, 6.07) is 20.4. The number of hydrogen-bond donors (Lipinski definition) is 2. The van der Waals surface area contributed by atoms with Gasteiger partial charge < -0.3 is 5.11 Å². The number of aryl methyl sites for hydroxylation is 1. The lowest BCUT2D eigenvalue weighted by Crippen LogP contribution is -2.23. The van der Waals surface area contributed by atoms with E-state index in [9.17, 15) is 18.3 Å². The van der Waals surface area contributed by atoms with Crippen LogP contribution in [0.5, 0.6) is 5.88 Å². The maximum absolute atomic E-state index is 12.8. The molecule has 170 valence electrons. The third-order valence-corrected chi connectivity index (χ3v) is 7.26. The minimum absolute atomic E-state index is 0.0298. The van der Waals surface area contributed by atoms with Gasteiger partial charge in [-0.1, -0.05) is 41.2 Å². The quantitative estimate of drug-likeness (QED) is 0.452. The number of sulfonamides is 1. The van der Waals surface area contributed by atoms with Gasteiger partial charge in [0.1, 0.15) is 4.88 Å². The molecule has 0 radical (unpaired) electrons. The van der Waals surface area contributed by atoms with Gasteiger partial charge in [-0.2, -0.15) is 0 Å². The molecule has 0 saturated carbocycles. The predicted octanol–water partition coefficient (Wildman–Crippen LogP) is 1.79. The zero-order chi connectivity index (χ0) is 24.0. The summed E-state index contributed by atoms with van der Waals surface area (Å²) in [5.74, 6) is -0.564. The number of fused-ring (bicyclic) bond motifs is 1. The molecule has 1 aliphatic rings. The number of nitrogens with zero attached hydrogens (tertiary/aromatic N) is 3. The zero-order valence-corrected chi connectivity index (χ0v) is 19.5. The standard InChI is InChI=1S/C24H18N4O4S2/c1-14-7-12-19-18(13-14)20(22(29)27-19)21-23(30)28(16-5-3-2-4-6-16)24(33-21)26-15-8-10-17(11-9-15)34(25,31)32/h2-13,30H,1H3,(H2,25,31,32). The number of benzene rings is 3. The van der Waals surface area contributed by atoms with Crippen molar-refractivity contribution in [2.45, 2.75) is 11.8 Å². The Bertz CT molecular complexity index is 1750. The van der Waals surface area contributed by atoms with Crippen molar-refractivity contribution in [3.63, 3.8) is 0 Å². The minimum atomic E-state index is -3.83. The van der Waals surface area contributed by atoms with Gasteiger partial charge >= 0.3 is 0 Å². The molecule has 0 spiro atoms. The van der Waals surface area contributed by atoms with Gasteiger partial charge in [-0.25, -0.2) is 23.5 Å². The maximum atomic E-state index is 12.8. The Morgan fingerprint density at radius 2 is 1.74 bits per heavy atom. The Hall–Kier alpha value is -3.86. The van der Waals surface area contributed by atoms with Crippen LogP contribution in [0, 0.1) is 6.92 Å². The first kappa shape index (κ1) is 22.0. The summed E-state index contributed by atoms with van der Waals surface area (Å²) in [7, 11) is -3.83. The topological polar surface area (TPSA) is 127 Å².